The van der Waals surface area contributed by atoms with E-state index in [1.165, 1.54) is 0 Å². The number of fused-ring (bicyclic) bond motifs is 1. The molecule has 0 radical (unpaired) electrons. The second-order valence-corrected chi connectivity index (χ2v) is 5.92. The van der Waals surface area contributed by atoms with Crippen molar-refractivity contribution in [3.05, 3.63) is 33.0 Å². The molecule has 4 nitrogen and oxygen atoms in total. The Balaban J connectivity index is 2.52. The SMILES string of the molecule is CCn1c(SCCOC)nc2ccc(Br)cc2c1=O. The van der Waals surface area contributed by atoms with E-state index in [0.717, 1.165) is 20.9 Å². The molecule has 0 N–H and O–H groups in total. The second-order valence-electron chi connectivity index (χ2n) is 3.95. The van der Waals surface area contributed by atoms with Gasteiger partial charge in [0.15, 0.2) is 5.16 Å². The maximum absolute atomic E-state index is 12.4. The minimum Gasteiger partial charge on any atom is -0.384 e. The van der Waals surface area contributed by atoms with Gasteiger partial charge in [-0.3, -0.25) is 9.36 Å². The molecule has 0 bridgehead atoms. The number of ether oxygens (including phenoxy) is 1. The first-order chi connectivity index (χ1) is 9.17. The molecule has 0 atom stereocenters. The molecule has 1 aromatic heterocycles. The average Bonchev–Trinajstić information content (AvgIpc) is 2.40. The zero-order chi connectivity index (χ0) is 13.8. The van der Waals surface area contributed by atoms with Crippen LogP contribution in [0.25, 0.3) is 10.9 Å². The van der Waals surface area contributed by atoms with Crippen molar-refractivity contribution >= 4 is 38.6 Å². The highest BCUT2D eigenvalue weighted by Gasteiger charge is 2.10. The molecule has 2 aromatic rings. The van der Waals surface area contributed by atoms with E-state index >= 15 is 0 Å². The standard InChI is InChI=1S/C13H15BrN2O2S/c1-3-16-12(17)10-8-9(14)4-5-11(10)15-13(16)19-7-6-18-2/h4-5,8H,3,6-7H2,1-2H3. The topological polar surface area (TPSA) is 44.1 Å². The number of benzene rings is 1. The molecular weight excluding hydrogens is 328 g/mol. The number of aromatic nitrogens is 2. The minimum atomic E-state index is 0.00807. The number of methoxy groups -OCH3 is 1. The van der Waals surface area contributed by atoms with Crippen LogP contribution < -0.4 is 5.56 Å². The van der Waals surface area contributed by atoms with Gasteiger partial charge in [-0.25, -0.2) is 4.98 Å². The van der Waals surface area contributed by atoms with Crippen LogP contribution in [-0.2, 0) is 11.3 Å². The fraction of sp³-hybridized carbons (Fsp3) is 0.385. The zero-order valence-corrected chi connectivity index (χ0v) is 13.3. The quantitative estimate of drug-likeness (QED) is 0.476. The first-order valence-corrected chi connectivity index (χ1v) is 7.77. The highest BCUT2D eigenvalue weighted by atomic mass is 79.9. The molecule has 2 rings (SSSR count). The molecule has 0 aliphatic carbocycles. The summed E-state index contributed by atoms with van der Waals surface area (Å²) >= 11 is 4.93. The van der Waals surface area contributed by atoms with Gasteiger partial charge in [0.05, 0.1) is 17.5 Å². The predicted molar refractivity (Wildman–Crippen MR) is 82.0 cm³/mol. The summed E-state index contributed by atoms with van der Waals surface area (Å²) in [7, 11) is 1.67. The fourth-order valence-corrected chi connectivity index (χ4v) is 3.10. The number of halogens is 1. The molecule has 0 spiro atoms. The average molecular weight is 343 g/mol. The Labute approximate surface area is 124 Å². The van der Waals surface area contributed by atoms with Crippen molar-refractivity contribution in [3.8, 4) is 0 Å². The summed E-state index contributed by atoms with van der Waals surface area (Å²) in [5, 5.41) is 1.40. The van der Waals surface area contributed by atoms with Crippen LogP contribution in [0.1, 0.15) is 6.92 Å². The first kappa shape index (κ1) is 14.6. The Morgan fingerprint density at radius 2 is 2.26 bits per heavy atom. The summed E-state index contributed by atoms with van der Waals surface area (Å²) in [6, 6.07) is 5.58. The van der Waals surface area contributed by atoms with Crippen molar-refractivity contribution in [1.82, 2.24) is 9.55 Å². The van der Waals surface area contributed by atoms with Crippen LogP contribution in [-0.4, -0.2) is 29.0 Å². The molecule has 6 heteroatoms. The van der Waals surface area contributed by atoms with Gasteiger partial charge in [-0.1, -0.05) is 27.7 Å². The normalized spacial score (nSPS) is 11.1. The largest absolute Gasteiger partial charge is 0.384 e. The molecule has 19 heavy (non-hydrogen) atoms. The molecule has 102 valence electrons. The number of thioether (sulfide) groups is 1. The Morgan fingerprint density at radius 1 is 1.47 bits per heavy atom. The molecule has 0 saturated heterocycles. The molecular formula is C13H15BrN2O2S. The molecule has 0 amide bonds. The lowest BCUT2D eigenvalue weighted by atomic mass is 10.2. The Bertz CT molecular complexity index is 642. The third kappa shape index (κ3) is 3.19. The lowest BCUT2D eigenvalue weighted by Crippen LogP contribution is -2.22. The lowest BCUT2D eigenvalue weighted by Gasteiger charge is -2.11. The zero-order valence-electron chi connectivity index (χ0n) is 10.9. The third-order valence-electron chi connectivity index (χ3n) is 2.72. The van der Waals surface area contributed by atoms with Crippen LogP contribution in [0.5, 0.6) is 0 Å². The first-order valence-electron chi connectivity index (χ1n) is 5.99. The van der Waals surface area contributed by atoms with Gasteiger partial charge in [-0.05, 0) is 25.1 Å². The summed E-state index contributed by atoms with van der Waals surface area (Å²) < 4.78 is 7.62. The van der Waals surface area contributed by atoms with E-state index in [9.17, 15) is 4.79 Å². The summed E-state index contributed by atoms with van der Waals surface area (Å²) in [5.74, 6) is 0.783. The molecule has 0 fully saturated rings. The minimum absolute atomic E-state index is 0.00807. The van der Waals surface area contributed by atoms with E-state index in [0.29, 0.717) is 18.5 Å². The number of nitrogens with zero attached hydrogens (tertiary/aromatic N) is 2. The van der Waals surface area contributed by atoms with Gasteiger partial charge in [-0.2, -0.15) is 0 Å². The van der Waals surface area contributed by atoms with Crippen molar-refractivity contribution in [2.45, 2.75) is 18.6 Å². The van der Waals surface area contributed by atoms with E-state index in [4.69, 9.17) is 4.74 Å². The fourth-order valence-electron chi connectivity index (χ4n) is 1.78. The highest BCUT2D eigenvalue weighted by Crippen LogP contribution is 2.20. The molecule has 1 aromatic carbocycles. The van der Waals surface area contributed by atoms with E-state index in [1.54, 1.807) is 23.4 Å². The predicted octanol–water partition coefficient (Wildman–Crippen LogP) is 2.92. The smallest absolute Gasteiger partial charge is 0.262 e. The molecule has 0 aliphatic heterocycles. The summed E-state index contributed by atoms with van der Waals surface area (Å²) in [5.41, 5.74) is 0.742. The van der Waals surface area contributed by atoms with E-state index in [-0.39, 0.29) is 5.56 Å². The second kappa shape index (κ2) is 6.54. The van der Waals surface area contributed by atoms with Crippen LogP contribution in [0.3, 0.4) is 0 Å². The maximum Gasteiger partial charge on any atom is 0.262 e. The lowest BCUT2D eigenvalue weighted by molar-refractivity contribution is 0.218. The van der Waals surface area contributed by atoms with Gasteiger partial charge < -0.3 is 4.74 Å². The molecule has 0 saturated carbocycles. The third-order valence-corrected chi connectivity index (χ3v) is 4.15. The maximum atomic E-state index is 12.4. The Kier molecular flexibility index (Phi) is 5.01. The monoisotopic (exact) mass is 342 g/mol. The van der Waals surface area contributed by atoms with Crippen molar-refractivity contribution in [2.75, 3.05) is 19.5 Å². The molecule has 1 heterocycles. The van der Waals surface area contributed by atoms with Gasteiger partial charge in [0.25, 0.3) is 5.56 Å². The summed E-state index contributed by atoms with van der Waals surface area (Å²) in [4.78, 5) is 17.0. The van der Waals surface area contributed by atoms with Gasteiger partial charge in [0, 0.05) is 23.9 Å². The summed E-state index contributed by atoms with van der Waals surface area (Å²) in [6.45, 7) is 3.21. The highest BCUT2D eigenvalue weighted by molar-refractivity contribution is 9.10. The molecule has 0 aliphatic rings. The van der Waals surface area contributed by atoms with Gasteiger partial charge in [0.2, 0.25) is 0 Å². The Hall–Kier alpha value is -0.850. The number of hydrogen-bond donors (Lipinski definition) is 0. The van der Waals surface area contributed by atoms with Gasteiger partial charge >= 0.3 is 0 Å². The van der Waals surface area contributed by atoms with E-state index in [2.05, 4.69) is 20.9 Å². The van der Waals surface area contributed by atoms with Crippen molar-refractivity contribution in [2.24, 2.45) is 0 Å². The van der Waals surface area contributed by atoms with Crippen LogP contribution in [0.4, 0.5) is 0 Å². The van der Waals surface area contributed by atoms with Gasteiger partial charge in [0.1, 0.15) is 0 Å². The van der Waals surface area contributed by atoms with Crippen molar-refractivity contribution < 1.29 is 4.74 Å². The van der Waals surface area contributed by atoms with E-state index in [1.807, 2.05) is 25.1 Å². The number of hydrogen-bond acceptors (Lipinski definition) is 4. The summed E-state index contributed by atoms with van der Waals surface area (Å²) in [6.07, 6.45) is 0. The van der Waals surface area contributed by atoms with Crippen LogP contribution in [0, 0.1) is 0 Å². The Morgan fingerprint density at radius 3 is 2.95 bits per heavy atom. The van der Waals surface area contributed by atoms with Crippen molar-refractivity contribution in [3.63, 3.8) is 0 Å². The van der Waals surface area contributed by atoms with E-state index < -0.39 is 0 Å². The molecule has 0 unspecified atom stereocenters. The number of rotatable bonds is 5. The van der Waals surface area contributed by atoms with Crippen LogP contribution in [0.2, 0.25) is 0 Å². The van der Waals surface area contributed by atoms with Crippen LogP contribution in [0.15, 0.2) is 32.6 Å². The van der Waals surface area contributed by atoms with Crippen LogP contribution >= 0.6 is 27.7 Å². The van der Waals surface area contributed by atoms with Crippen molar-refractivity contribution in [1.29, 1.82) is 0 Å². The van der Waals surface area contributed by atoms with Gasteiger partial charge in [-0.15, -0.1) is 0 Å².